The first kappa shape index (κ1) is 26.3. The summed E-state index contributed by atoms with van der Waals surface area (Å²) in [5.74, 6) is -2.08. The number of hydrogen-bond donors (Lipinski definition) is 2. The second kappa shape index (κ2) is 11.4. The van der Waals surface area contributed by atoms with E-state index in [1.165, 1.54) is 41.3 Å². The number of carboxylic acid groups (broad SMARTS) is 1. The number of benzene rings is 2. The number of halogens is 4. The number of ether oxygens (including phenoxy) is 1. The van der Waals surface area contributed by atoms with Crippen molar-refractivity contribution in [1.82, 2.24) is 4.90 Å². The molecule has 1 atom stereocenters. The van der Waals surface area contributed by atoms with Crippen LogP contribution in [0.5, 0.6) is 5.75 Å². The lowest BCUT2D eigenvalue weighted by Crippen LogP contribution is -2.50. The topological polar surface area (TPSA) is 95.9 Å². The smallest absolute Gasteiger partial charge is 0.481 e. The molecule has 0 unspecified atom stereocenters. The number of carbonyl (C=O) groups is 3. The Morgan fingerprint density at radius 1 is 1.09 bits per heavy atom. The lowest BCUT2D eigenvalue weighted by atomic mass is 10.00. The molecule has 1 aliphatic heterocycles. The van der Waals surface area contributed by atoms with Crippen LogP contribution in [0.4, 0.5) is 18.9 Å². The van der Waals surface area contributed by atoms with Crippen LogP contribution in [-0.4, -0.2) is 46.7 Å². The highest BCUT2D eigenvalue weighted by atomic mass is 35.5. The van der Waals surface area contributed by atoms with Crippen molar-refractivity contribution in [3.05, 3.63) is 47.5 Å². The van der Waals surface area contributed by atoms with Crippen molar-refractivity contribution in [3.8, 4) is 16.9 Å². The summed E-state index contributed by atoms with van der Waals surface area (Å²) in [6.45, 7) is 0.402. The van der Waals surface area contributed by atoms with E-state index in [2.05, 4.69) is 10.1 Å². The Bertz CT molecular complexity index is 1090. The van der Waals surface area contributed by atoms with Crippen LogP contribution >= 0.6 is 11.6 Å². The summed E-state index contributed by atoms with van der Waals surface area (Å²) < 4.78 is 42.4. The van der Waals surface area contributed by atoms with Crippen molar-refractivity contribution >= 4 is 35.1 Å². The molecule has 2 N–H and O–H groups in total. The predicted octanol–water partition coefficient (Wildman–Crippen LogP) is 5.48. The van der Waals surface area contributed by atoms with Gasteiger partial charge in [0.15, 0.2) is 0 Å². The molecule has 3 rings (SSSR count). The van der Waals surface area contributed by atoms with Gasteiger partial charge >= 0.3 is 12.3 Å². The monoisotopic (exact) mass is 512 g/mol. The summed E-state index contributed by atoms with van der Waals surface area (Å²) in [7, 11) is 0. The van der Waals surface area contributed by atoms with Gasteiger partial charge in [0.1, 0.15) is 11.8 Å². The summed E-state index contributed by atoms with van der Waals surface area (Å²) in [5.41, 5.74) is 0.748. The average molecular weight is 513 g/mol. The highest BCUT2D eigenvalue weighted by molar-refractivity contribution is 6.33. The number of carboxylic acids is 1. The molecule has 1 saturated heterocycles. The van der Waals surface area contributed by atoms with Crippen LogP contribution in [-0.2, 0) is 14.4 Å². The van der Waals surface area contributed by atoms with Gasteiger partial charge in [0.25, 0.3) is 0 Å². The number of nitrogens with zero attached hydrogens (tertiary/aromatic N) is 1. The standard InChI is InChI=1S/C24H24ClF3N2O5/c25-18-14-15(11-12-16(18)17-6-1-2-8-20(17)35-24(26,27)28)29-23(34)19-7-3-4-13-30(19)21(31)9-5-10-22(32)33/h1-2,6,8,11-12,14,19H,3-5,7,9-10,13H2,(H,29,34)(H,32,33)/t19-/m1/s1. The molecule has 0 saturated carbocycles. The molecule has 2 amide bonds. The van der Waals surface area contributed by atoms with Crippen LogP contribution in [0.2, 0.25) is 5.02 Å². The number of carbonyl (C=O) groups excluding carboxylic acids is 2. The number of anilines is 1. The first-order chi connectivity index (χ1) is 16.5. The van der Waals surface area contributed by atoms with E-state index in [0.717, 1.165) is 12.8 Å². The highest BCUT2D eigenvalue weighted by Gasteiger charge is 2.33. The van der Waals surface area contributed by atoms with Gasteiger partial charge in [-0.05, 0) is 43.9 Å². The SMILES string of the molecule is O=C(O)CCCC(=O)N1CCCC[C@@H]1C(=O)Nc1ccc(-c2ccccc2OC(F)(F)F)c(Cl)c1. The molecular formula is C24H24ClF3N2O5. The lowest BCUT2D eigenvalue weighted by molar-refractivity contribution is -0.274. The molecule has 0 aliphatic carbocycles. The van der Waals surface area contributed by atoms with E-state index in [-0.39, 0.29) is 41.3 Å². The van der Waals surface area contributed by atoms with Crippen LogP contribution < -0.4 is 10.1 Å². The van der Waals surface area contributed by atoms with Gasteiger partial charge in [0.05, 0.1) is 5.02 Å². The van der Waals surface area contributed by atoms with Crippen LogP contribution in [0.1, 0.15) is 38.5 Å². The van der Waals surface area contributed by atoms with Crippen molar-refractivity contribution < 1.29 is 37.4 Å². The van der Waals surface area contributed by atoms with Gasteiger partial charge < -0.3 is 20.1 Å². The maximum Gasteiger partial charge on any atom is 0.573 e. The third-order valence-electron chi connectivity index (χ3n) is 5.55. The number of piperidine rings is 1. The Hall–Kier alpha value is -3.27. The summed E-state index contributed by atoms with van der Waals surface area (Å²) >= 11 is 6.34. The van der Waals surface area contributed by atoms with E-state index in [4.69, 9.17) is 16.7 Å². The molecule has 1 fully saturated rings. The molecule has 0 radical (unpaired) electrons. The molecule has 1 heterocycles. The lowest BCUT2D eigenvalue weighted by Gasteiger charge is -2.34. The van der Waals surface area contributed by atoms with E-state index in [0.29, 0.717) is 18.7 Å². The zero-order valence-electron chi connectivity index (χ0n) is 18.6. The van der Waals surface area contributed by atoms with Gasteiger partial charge in [-0.25, -0.2) is 0 Å². The van der Waals surface area contributed by atoms with Crippen molar-refractivity contribution in [2.24, 2.45) is 0 Å². The first-order valence-electron chi connectivity index (χ1n) is 11.0. The van der Waals surface area contributed by atoms with E-state index >= 15 is 0 Å². The van der Waals surface area contributed by atoms with Crippen LogP contribution in [0.15, 0.2) is 42.5 Å². The average Bonchev–Trinajstić information content (AvgIpc) is 2.78. The van der Waals surface area contributed by atoms with Gasteiger partial charge in [0.2, 0.25) is 11.8 Å². The van der Waals surface area contributed by atoms with E-state index in [1.807, 2.05) is 0 Å². The maximum absolute atomic E-state index is 13.0. The first-order valence-corrected chi connectivity index (χ1v) is 11.4. The Balaban J connectivity index is 1.73. The quantitative estimate of drug-likeness (QED) is 0.488. The number of rotatable bonds is 8. The second-order valence-corrected chi connectivity index (χ2v) is 8.48. The minimum absolute atomic E-state index is 0.0377. The molecule has 2 aromatic rings. The summed E-state index contributed by atoms with van der Waals surface area (Å²) in [5, 5.41) is 11.6. The third kappa shape index (κ3) is 7.35. The van der Waals surface area contributed by atoms with Crippen molar-refractivity contribution in [2.45, 2.75) is 50.9 Å². The minimum Gasteiger partial charge on any atom is -0.481 e. The largest absolute Gasteiger partial charge is 0.573 e. The number of amides is 2. The van der Waals surface area contributed by atoms with Crippen molar-refractivity contribution in [1.29, 1.82) is 0 Å². The summed E-state index contributed by atoms with van der Waals surface area (Å²) in [6, 6.07) is 9.27. The molecule has 35 heavy (non-hydrogen) atoms. The van der Waals surface area contributed by atoms with Gasteiger partial charge in [-0.2, -0.15) is 0 Å². The fourth-order valence-corrected chi connectivity index (χ4v) is 4.26. The second-order valence-electron chi connectivity index (χ2n) is 8.07. The van der Waals surface area contributed by atoms with E-state index in [9.17, 15) is 27.6 Å². The van der Waals surface area contributed by atoms with Gasteiger partial charge in [0, 0.05) is 36.2 Å². The maximum atomic E-state index is 13.0. The van der Waals surface area contributed by atoms with Crippen LogP contribution in [0.25, 0.3) is 11.1 Å². The Morgan fingerprint density at radius 2 is 1.83 bits per heavy atom. The Kier molecular flexibility index (Phi) is 8.61. The molecule has 0 spiro atoms. The minimum atomic E-state index is -4.87. The zero-order chi connectivity index (χ0) is 25.6. The molecule has 2 aromatic carbocycles. The Labute approximate surface area is 204 Å². The molecule has 7 nitrogen and oxygen atoms in total. The van der Waals surface area contributed by atoms with Crippen LogP contribution in [0.3, 0.4) is 0 Å². The number of aliphatic carboxylic acids is 1. The summed E-state index contributed by atoms with van der Waals surface area (Å²) in [4.78, 5) is 37.7. The number of para-hydroxylation sites is 1. The predicted molar refractivity (Wildman–Crippen MR) is 123 cm³/mol. The normalized spacial score (nSPS) is 16.0. The zero-order valence-corrected chi connectivity index (χ0v) is 19.4. The van der Waals surface area contributed by atoms with Gasteiger partial charge in [-0.3, -0.25) is 14.4 Å². The Morgan fingerprint density at radius 3 is 2.51 bits per heavy atom. The molecule has 11 heteroatoms. The van der Waals surface area contributed by atoms with E-state index in [1.54, 1.807) is 6.07 Å². The molecule has 188 valence electrons. The number of nitrogens with one attached hydrogen (secondary N) is 1. The van der Waals surface area contributed by atoms with Gasteiger partial charge in [-0.15, -0.1) is 13.2 Å². The fourth-order valence-electron chi connectivity index (χ4n) is 3.98. The fraction of sp³-hybridized carbons (Fsp3) is 0.375. The number of hydrogen-bond acceptors (Lipinski definition) is 4. The summed E-state index contributed by atoms with van der Waals surface area (Å²) in [6.07, 6.45) is -2.80. The third-order valence-corrected chi connectivity index (χ3v) is 5.86. The van der Waals surface area contributed by atoms with Crippen LogP contribution in [0, 0.1) is 0 Å². The molecular weight excluding hydrogens is 489 g/mol. The highest BCUT2D eigenvalue weighted by Crippen LogP contribution is 2.38. The van der Waals surface area contributed by atoms with E-state index < -0.39 is 30.0 Å². The molecule has 0 aromatic heterocycles. The molecule has 1 aliphatic rings. The number of likely N-dealkylation sites (tertiary alicyclic amines) is 1. The number of alkyl halides is 3. The van der Waals surface area contributed by atoms with Gasteiger partial charge in [-0.1, -0.05) is 35.9 Å². The molecule has 0 bridgehead atoms. The van der Waals surface area contributed by atoms with Crippen molar-refractivity contribution in [3.63, 3.8) is 0 Å². The van der Waals surface area contributed by atoms with Crippen molar-refractivity contribution in [2.75, 3.05) is 11.9 Å².